The molecule has 0 saturated carbocycles. The quantitative estimate of drug-likeness (QED) is 0.780. The summed E-state index contributed by atoms with van der Waals surface area (Å²) in [7, 11) is 3.22. The highest BCUT2D eigenvalue weighted by atomic mass is 16.5. The van der Waals surface area contributed by atoms with Crippen LogP contribution >= 0.6 is 0 Å². The highest BCUT2D eigenvalue weighted by Gasteiger charge is 2.14. The van der Waals surface area contributed by atoms with E-state index >= 15 is 0 Å². The van der Waals surface area contributed by atoms with Crippen LogP contribution in [-0.2, 0) is 11.3 Å². The van der Waals surface area contributed by atoms with Crippen LogP contribution in [0.25, 0.3) is 0 Å². The zero-order chi connectivity index (χ0) is 12.0. The van der Waals surface area contributed by atoms with Gasteiger partial charge in [0.05, 0.1) is 19.4 Å². The maximum Gasteiger partial charge on any atom is 0.182 e. The Bertz CT molecular complexity index is 342. The largest absolute Gasteiger partial charge is 0.491 e. The summed E-state index contributed by atoms with van der Waals surface area (Å²) in [5.74, 6) is 1.31. The highest BCUT2D eigenvalue weighted by molar-refractivity contribution is 5.47. The number of nitrogens with two attached hydrogens (primary N) is 1. The minimum absolute atomic E-state index is 0.434. The molecule has 16 heavy (non-hydrogen) atoms. The standard InChI is InChI=1S/C11H18N2O3/c1-8-10(15-3)11(16-5-4-12)9(6-13-8)7-14-2/h6H,4-5,7,12H2,1-3H3. The number of nitrogens with zero attached hydrogens (tertiary/aromatic N) is 1. The van der Waals surface area contributed by atoms with E-state index in [2.05, 4.69) is 4.98 Å². The molecule has 0 aliphatic carbocycles. The number of aryl methyl sites for hydroxylation is 1. The molecule has 0 saturated heterocycles. The zero-order valence-electron chi connectivity index (χ0n) is 9.95. The van der Waals surface area contributed by atoms with Gasteiger partial charge in [0.15, 0.2) is 11.5 Å². The lowest BCUT2D eigenvalue weighted by atomic mass is 10.2. The van der Waals surface area contributed by atoms with Crippen LogP contribution < -0.4 is 15.2 Å². The van der Waals surface area contributed by atoms with E-state index in [1.807, 2.05) is 6.92 Å². The number of methoxy groups -OCH3 is 2. The number of rotatable bonds is 6. The third-order valence-corrected chi connectivity index (χ3v) is 2.11. The minimum atomic E-state index is 0.434. The summed E-state index contributed by atoms with van der Waals surface area (Å²) in [4.78, 5) is 4.22. The first-order valence-electron chi connectivity index (χ1n) is 5.08. The minimum Gasteiger partial charge on any atom is -0.491 e. The summed E-state index contributed by atoms with van der Waals surface area (Å²) in [6, 6.07) is 0. The van der Waals surface area contributed by atoms with Gasteiger partial charge in [-0.15, -0.1) is 0 Å². The molecule has 0 radical (unpaired) electrons. The Balaban J connectivity index is 3.07. The number of hydrogen-bond acceptors (Lipinski definition) is 5. The third kappa shape index (κ3) is 2.84. The Kier molecular flexibility index (Phi) is 5.01. The fourth-order valence-electron chi connectivity index (χ4n) is 1.42. The lowest BCUT2D eigenvalue weighted by molar-refractivity contribution is 0.178. The van der Waals surface area contributed by atoms with Gasteiger partial charge in [-0.2, -0.15) is 0 Å². The average Bonchev–Trinajstić information content (AvgIpc) is 2.29. The lowest BCUT2D eigenvalue weighted by Crippen LogP contribution is -2.13. The van der Waals surface area contributed by atoms with Crippen LogP contribution in [0.4, 0.5) is 0 Å². The van der Waals surface area contributed by atoms with Gasteiger partial charge in [-0.3, -0.25) is 4.98 Å². The van der Waals surface area contributed by atoms with Crippen LogP contribution in [0.2, 0.25) is 0 Å². The Morgan fingerprint density at radius 2 is 2.06 bits per heavy atom. The van der Waals surface area contributed by atoms with E-state index in [9.17, 15) is 0 Å². The van der Waals surface area contributed by atoms with E-state index in [1.165, 1.54) is 0 Å². The second-order valence-corrected chi connectivity index (χ2v) is 3.30. The summed E-state index contributed by atoms with van der Waals surface area (Å²) in [6.45, 7) is 3.20. The van der Waals surface area contributed by atoms with E-state index in [-0.39, 0.29) is 0 Å². The molecule has 1 rings (SSSR count). The van der Waals surface area contributed by atoms with Gasteiger partial charge in [0.2, 0.25) is 0 Å². The zero-order valence-corrected chi connectivity index (χ0v) is 9.95. The van der Waals surface area contributed by atoms with Crippen LogP contribution in [0.1, 0.15) is 11.3 Å². The van der Waals surface area contributed by atoms with E-state index in [1.54, 1.807) is 20.4 Å². The second kappa shape index (κ2) is 6.30. The van der Waals surface area contributed by atoms with Gasteiger partial charge in [0, 0.05) is 25.4 Å². The molecule has 1 aromatic rings. The van der Waals surface area contributed by atoms with Crippen molar-refractivity contribution in [3.05, 3.63) is 17.5 Å². The molecule has 5 heteroatoms. The van der Waals surface area contributed by atoms with E-state index in [0.717, 1.165) is 11.3 Å². The van der Waals surface area contributed by atoms with E-state index < -0.39 is 0 Å². The first-order valence-corrected chi connectivity index (χ1v) is 5.08. The lowest BCUT2D eigenvalue weighted by Gasteiger charge is -2.15. The first kappa shape index (κ1) is 12.7. The maximum absolute atomic E-state index is 5.57. The Morgan fingerprint density at radius 1 is 1.31 bits per heavy atom. The van der Waals surface area contributed by atoms with Crippen molar-refractivity contribution in [3.63, 3.8) is 0 Å². The van der Waals surface area contributed by atoms with Crippen molar-refractivity contribution < 1.29 is 14.2 Å². The van der Waals surface area contributed by atoms with Crippen molar-refractivity contribution in [1.82, 2.24) is 4.98 Å². The van der Waals surface area contributed by atoms with Crippen LogP contribution in [0.3, 0.4) is 0 Å². The molecule has 1 heterocycles. The topological polar surface area (TPSA) is 66.6 Å². The number of hydrogen-bond donors (Lipinski definition) is 1. The van der Waals surface area contributed by atoms with Crippen molar-refractivity contribution in [2.24, 2.45) is 5.73 Å². The van der Waals surface area contributed by atoms with Crippen LogP contribution in [-0.4, -0.2) is 32.4 Å². The molecule has 0 unspecified atom stereocenters. The first-order chi connectivity index (χ1) is 7.74. The SMILES string of the molecule is COCc1cnc(C)c(OC)c1OCCN. The van der Waals surface area contributed by atoms with Gasteiger partial charge in [-0.05, 0) is 6.92 Å². The van der Waals surface area contributed by atoms with Gasteiger partial charge in [-0.25, -0.2) is 0 Å². The molecule has 0 atom stereocenters. The molecule has 5 nitrogen and oxygen atoms in total. The Hall–Kier alpha value is -1.33. The molecule has 0 aliphatic heterocycles. The van der Waals surface area contributed by atoms with Crippen molar-refractivity contribution in [3.8, 4) is 11.5 Å². The van der Waals surface area contributed by atoms with Crippen LogP contribution in [0.15, 0.2) is 6.20 Å². The number of ether oxygens (including phenoxy) is 3. The number of aromatic nitrogens is 1. The normalized spacial score (nSPS) is 10.2. The summed E-state index contributed by atoms with van der Waals surface area (Å²) in [6.07, 6.45) is 1.73. The molecule has 0 aliphatic rings. The molecule has 90 valence electrons. The summed E-state index contributed by atoms with van der Waals surface area (Å²) >= 11 is 0. The predicted molar refractivity (Wildman–Crippen MR) is 60.8 cm³/mol. The molecule has 0 spiro atoms. The Morgan fingerprint density at radius 3 is 2.62 bits per heavy atom. The molecule has 0 bridgehead atoms. The maximum atomic E-state index is 5.57. The second-order valence-electron chi connectivity index (χ2n) is 3.30. The molecule has 0 amide bonds. The van der Waals surface area contributed by atoms with Crippen LogP contribution in [0.5, 0.6) is 11.5 Å². The fourth-order valence-corrected chi connectivity index (χ4v) is 1.42. The fraction of sp³-hybridized carbons (Fsp3) is 0.545. The molecular formula is C11H18N2O3. The van der Waals surface area contributed by atoms with Gasteiger partial charge < -0.3 is 19.9 Å². The van der Waals surface area contributed by atoms with Gasteiger partial charge >= 0.3 is 0 Å². The Labute approximate surface area is 95.5 Å². The summed E-state index contributed by atoms with van der Waals surface area (Å²) < 4.78 is 15.9. The molecule has 2 N–H and O–H groups in total. The monoisotopic (exact) mass is 226 g/mol. The van der Waals surface area contributed by atoms with Crippen LogP contribution in [0, 0.1) is 6.92 Å². The van der Waals surface area contributed by atoms with E-state index in [4.69, 9.17) is 19.9 Å². The average molecular weight is 226 g/mol. The smallest absolute Gasteiger partial charge is 0.182 e. The molecule has 0 fully saturated rings. The molecule has 1 aromatic heterocycles. The van der Waals surface area contributed by atoms with Crippen molar-refractivity contribution >= 4 is 0 Å². The summed E-state index contributed by atoms with van der Waals surface area (Å²) in [5, 5.41) is 0. The predicted octanol–water partition coefficient (Wildman–Crippen LogP) is 0.883. The van der Waals surface area contributed by atoms with Crippen molar-refractivity contribution in [2.75, 3.05) is 27.4 Å². The van der Waals surface area contributed by atoms with Crippen molar-refractivity contribution in [1.29, 1.82) is 0 Å². The van der Waals surface area contributed by atoms with Gasteiger partial charge in [0.1, 0.15) is 6.61 Å². The third-order valence-electron chi connectivity index (χ3n) is 2.11. The molecular weight excluding hydrogens is 208 g/mol. The number of pyridine rings is 1. The van der Waals surface area contributed by atoms with Gasteiger partial charge in [-0.1, -0.05) is 0 Å². The van der Waals surface area contributed by atoms with E-state index in [0.29, 0.717) is 31.3 Å². The molecule has 0 aromatic carbocycles. The van der Waals surface area contributed by atoms with Gasteiger partial charge in [0.25, 0.3) is 0 Å². The highest BCUT2D eigenvalue weighted by Crippen LogP contribution is 2.33. The van der Waals surface area contributed by atoms with Crippen molar-refractivity contribution in [2.45, 2.75) is 13.5 Å². The summed E-state index contributed by atoms with van der Waals surface area (Å²) in [5.41, 5.74) is 7.06.